The van der Waals surface area contributed by atoms with E-state index < -0.39 is 0 Å². The summed E-state index contributed by atoms with van der Waals surface area (Å²) in [6.45, 7) is 8.11. The minimum atomic E-state index is -0.0879. The third-order valence-corrected chi connectivity index (χ3v) is 3.99. The van der Waals surface area contributed by atoms with E-state index in [0.717, 1.165) is 49.0 Å². The molecule has 0 amide bonds. The van der Waals surface area contributed by atoms with Gasteiger partial charge in [0.25, 0.3) is 0 Å². The molecule has 6 heteroatoms. The lowest BCUT2D eigenvalue weighted by molar-refractivity contribution is 0.184. The van der Waals surface area contributed by atoms with Gasteiger partial charge in [-0.05, 0) is 13.3 Å². The van der Waals surface area contributed by atoms with Crippen LogP contribution in [0.15, 0.2) is 0 Å². The molecule has 0 bridgehead atoms. The zero-order chi connectivity index (χ0) is 13.8. The minimum absolute atomic E-state index is 0.0879. The van der Waals surface area contributed by atoms with Crippen molar-refractivity contribution in [3.05, 3.63) is 16.4 Å². The van der Waals surface area contributed by atoms with E-state index in [1.54, 1.807) is 0 Å². The highest BCUT2D eigenvalue weighted by Crippen LogP contribution is 2.24. The lowest BCUT2D eigenvalue weighted by Crippen LogP contribution is -2.50. The lowest BCUT2D eigenvalue weighted by Gasteiger charge is -2.31. The van der Waals surface area contributed by atoms with Crippen molar-refractivity contribution in [3.8, 4) is 6.07 Å². The monoisotopic (exact) mass is 281 g/mol. The third kappa shape index (κ3) is 2.92. The quantitative estimate of drug-likeness (QED) is 0.907. The van der Waals surface area contributed by atoms with Crippen molar-refractivity contribution >= 4 is 11.6 Å². The first-order valence-electron chi connectivity index (χ1n) is 6.79. The van der Waals surface area contributed by atoms with Gasteiger partial charge in [-0.2, -0.15) is 10.4 Å². The first-order valence-corrected chi connectivity index (χ1v) is 7.17. The second-order valence-electron chi connectivity index (χ2n) is 4.70. The zero-order valence-corrected chi connectivity index (χ0v) is 12.2. The first kappa shape index (κ1) is 14.3. The van der Waals surface area contributed by atoms with Crippen LogP contribution in [0.4, 0.5) is 0 Å². The molecule has 2 rings (SSSR count). The summed E-state index contributed by atoms with van der Waals surface area (Å²) in [6, 6.07) is 2.25. The summed E-state index contributed by atoms with van der Waals surface area (Å²) >= 11 is 6.41. The summed E-state index contributed by atoms with van der Waals surface area (Å²) in [4.78, 5) is 2.17. The molecule has 0 aromatic carbocycles. The fourth-order valence-electron chi connectivity index (χ4n) is 2.42. The zero-order valence-electron chi connectivity index (χ0n) is 11.5. The highest BCUT2D eigenvalue weighted by atomic mass is 35.5. The standard InChI is InChI=1S/C13H20ClN5/c1-3-11-13(14)12(19(4-2)17-11)9-18-6-5-16-8-10(18)7-15/h10,16H,3-6,8-9H2,1-2H3. The van der Waals surface area contributed by atoms with Gasteiger partial charge in [0.1, 0.15) is 6.04 Å². The Balaban J connectivity index is 2.22. The topological polar surface area (TPSA) is 56.9 Å². The Morgan fingerprint density at radius 1 is 1.53 bits per heavy atom. The first-order chi connectivity index (χ1) is 9.21. The summed E-state index contributed by atoms with van der Waals surface area (Å²) in [5.41, 5.74) is 1.98. The Morgan fingerprint density at radius 2 is 2.32 bits per heavy atom. The maximum atomic E-state index is 9.20. The van der Waals surface area contributed by atoms with Crippen LogP contribution in [0, 0.1) is 11.3 Å². The highest BCUT2D eigenvalue weighted by molar-refractivity contribution is 6.31. The van der Waals surface area contributed by atoms with E-state index in [9.17, 15) is 5.26 Å². The molecular formula is C13H20ClN5. The van der Waals surface area contributed by atoms with Crippen molar-refractivity contribution in [3.63, 3.8) is 0 Å². The molecular weight excluding hydrogens is 262 g/mol. The maximum absolute atomic E-state index is 9.20. The molecule has 1 saturated heterocycles. The molecule has 0 radical (unpaired) electrons. The number of nitrogens with zero attached hydrogens (tertiary/aromatic N) is 4. The second kappa shape index (κ2) is 6.38. The predicted octanol–water partition coefficient (Wildman–Crippen LogP) is 1.42. The Kier molecular flexibility index (Phi) is 4.81. The molecule has 1 aliphatic heterocycles. The SMILES string of the molecule is CCc1nn(CC)c(CN2CCNCC2C#N)c1Cl. The summed E-state index contributed by atoms with van der Waals surface area (Å²) in [5.74, 6) is 0. The average Bonchev–Trinajstić information content (AvgIpc) is 2.76. The summed E-state index contributed by atoms with van der Waals surface area (Å²) in [6.07, 6.45) is 0.835. The smallest absolute Gasteiger partial charge is 0.111 e. The summed E-state index contributed by atoms with van der Waals surface area (Å²) < 4.78 is 1.96. The van der Waals surface area contributed by atoms with Crippen molar-refractivity contribution in [1.82, 2.24) is 20.0 Å². The molecule has 104 valence electrons. The minimum Gasteiger partial charge on any atom is -0.313 e. The van der Waals surface area contributed by atoms with E-state index in [1.165, 1.54) is 0 Å². The summed E-state index contributed by atoms with van der Waals surface area (Å²) in [7, 11) is 0. The van der Waals surface area contributed by atoms with Gasteiger partial charge in [-0.1, -0.05) is 18.5 Å². The van der Waals surface area contributed by atoms with Gasteiger partial charge in [0, 0.05) is 32.7 Å². The van der Waals surface area contributed by atoms with Crippen LogP contribution in [0.1, 0.15) is 25.2 Å². The van der Waals surface area contributed by atoms with Gasteiger partial charge in [-0.3, -0.25) is 9.58 Å². The van der Waals surface area contributed by atoms with Crippen molar-refractivity contribution in [2.24, 2.45) is 0 Å². The maximum Gasteiger partial charge on any atom is 0.111 e. The number of aromatic nitrogens is 2. The molecule has 1 aromatic heterocycles. The fourth-order valence-corrected chi connectivity index (χ4v) is 2.75. The number of nitrogens with one attached hydrogen (secondary N) is 1. The number of hydrogen-bond acceptors (Lipinski definition) is 4. The van der Waals surface area contributed by atoms with E-state index in [1.807, 2.05) is 4.68 Å². The Labute approximate surface area is 119 Å². The van der Waals surface area contributed by atoms with E-state index in [-0.39, 0.29) is 6.04 Å². The summed E-state index contributed by atoms with van der Waals surface area (Å²) in [5, 5.41) is 17.7. The van der Waals surface area contributed by atoms with Crippen LogP contribution < -0.4 is 5.32 Å². The number of aryl methyl sites for hydroxylation is 2. The van der Waals surface area contributed by atoms with Gasteiger partial charge in [-0.25, -0.2) is 0 Å². The number of halogens is 1. The average molecular weight is 282 g/mol. The van der Waals surface area contributed by atoms with E-state index in [4.69, 9.17) is 11.6 Å². The van der Waals surface area contributed by atoms with Gasteiger partial charge in [0.15, 0.2) is 0 Å². The fraction of sp³-hybridized carbons (Fsp3) is 0.692. The number of rotatable bonds is 4. The van der Waals surface area contributed by atoms with Gasteiger partial charge in [0.2, 0.25) is 0 Å². The Morgan fingerprint density at radius 3 is 2.95 bits per heavy atom. The largest absolute Gasteiger partial charge is 0.313 e. The van der Waals surface area contributed by atoms with Gasteiger partial charge in [0.05, 0.1) is 22.5 Å². The lowest BCUT2D eigenvalue weighted by atomic mass is 10.2. The van der Waals surface area contributed by atoms with Gasteiger partial charge < -0.3 is 5.32 Å². The Hall–Kier alpha value is -1.09. The van der Waals surface area contributed by atoms with Crippen molar-refractivity contribution < 1.29 is 0 Å². The van der Waals surface area contributed by atoms with Crippen LogP contribution in [0.2, 0.25) is 5.02 Å². The molecule has 1 unspecified atom stereocenters. The van der Waals surface area contributed by atoms with Gasteiger partial charge >= 0.3 is 0 Å². The predicted molar refractivity (Wildman–Crippen MR) is 75.0 cm³/mol. The molecule has 0 aliphatic carbocycles. The van der Waals surface area contributed by atoms with Crippen LogP contribution >= 0.6 is 11.6 Å². The molecule has 0 saturated carbocycles. The molecule has 2 heterocycles. The molecule has 1 N–H and O–H groups in total. The Bertz CT molecular complexity index is 476. The van der Waals surface area contributed by atoms with E-state index in [2.05, 4.69) is 35.2 Å². The van der Waals surface area contributed by atoms with E-state index in [0.29, 0.717) is 6.54 Å². The van der Waals surface area contributed by atoms with Crippen molar-refractivity contribution in [1.29, 1.82) is 5.26 Å². The third-order valence-electron chi connectivity index (χ3n) is 3.55. The molecule has 0 spiro atoms. The van der Waals surface area contributed by atoms with Crippen molar-refractivity contribution in [2.75, 3.05) is 19.6 Å². The highest BCUT2D eigenvalue weighted by Gasteiger charge is 2.25. The van der Waals surface area contributed by atoms with Crippen LogP contribution in [0.3, 0.4) is 0 Å². The molecule has 1 fully saturated rings. The van der Waals surface area contributed by atoms with E-state index >= 15 is 0 Å². The molecule has 5 nitrogen and oxygen atoms in total. The van der Waals surface area contributed by atoms with Gasteiger partial charge in [-0.15, -0.1) is 0 Å². The van der Waals surface area contributed by atoms with Crippen LogP contribution in [0.5, 0.6) is 0 Å². The van der Waals surface area contributed by atoms with Crippen molar-refractivity contribution in [2.45, 2.75) is 39.4 Å². The molecule has 1 aromatic rings. The number of piperazine rings is 1. The van der Waals surface area contributed by atoms with Crippen LogP contribution in [0.25, 0.3) is 0 Å². The normalized spacial score (nSPS) is 20.4. The van der Waals surface area contributed by atoms with Crippen LogP contribution in [-0.4, -0.2) is 40.4 Å². The number of hydrogen-bond donors (Lipinski definition) is 1. The molecule has 19 heavy (non-hydrogen) atoms. The second-order valence-corrected chi connectivity index (χ2v) is 5.07. The molecule has 1 aliphatic rings. The van der Waals surface area contributed by atoms with Crippen LogP contribution in [-0.2, 0) is 19.5 Å². The molecule has 1 atom stereocenters. The number of nitriles is 1.